The molecule has 0 saturated carbocycles. The number of aryl methyl sites for hydroxylation is 1. The Balaban J connectivity index is 1.85. The van der Waals surface area contributed by atoms with Crippen molar-refractivity contribution in [1.29, 1.82) is 0 Å². The summed E-state index contributed by atoms with van der Waals surface area (Å²) in [6.45, 7) is 4.67. The third-order valence-corrected chi connectivity index (χ3v) is 6.24. The van der Waals surface area contributed by atoms with Gasteiger partial charge in [-0.1, -0.05) is 41.9 Å². The van der Waals surface area contributed by atoms with Crippen LogP contribution in [0.3, 0.4) is 0 Å². The Morgan fingerprint density at radius 1 is 0.923 bits per heavy atom. The van der Waals surface area contributed by atoms with Gasteiger partial charge in [-0.15, -0.1) is 0 Å². The molecule has 0 atom stereocenters. The van der Waals surface area contributed by atoms with E-state index in [1.165, 1.54) is 44.4 Å². The molecule has 0 amide bonds. The fraction of sp³-hybridized carbons (Fsp3) is 0.174. The van der Waals surface area contributed by atoms with Gasteiger partial charge in [-0.3, -0.25) is 4.98 Å². The highest BCUT2D eigenvalue weighted by Gasteiger charge is 2.39. The minimum Gasteiger partial charge on any atom is -0.343 e. The number of nitrogens with zero attached hydrogens (tertiary/aromatic N) is 2. The van der Waals surface area contributed by atoms with Gasteiger partial charge in [-0.05, 0) is 58.7 Å². The molecule has 2 aromatic carbocycles. The lowest BCUT2D eigenvalue weighted by Gasteiger charge is -2.21. The van der Waals surface area contributed by atoms with Crippen LogP contribution >= 0.6 is 15.9 Å². The van der Waals surface area contributed by atoms with E-state index in [0.29, 0.717) is 0 Å². The molecule has 0 fully saturated rings. The lowest BCUT2D eigenvalue weighted by atomic mass is 9.81. The number of aromatic nitrogens is 2. The Labute approximate surface area is 161 Å². The molecule has 0 spiro atoms. The summed E-state index contributed by atoms with van der Waals surface area (Å²) in [6, 6.07) is 17.6. The Bertz CT molecular complexity index is 1170. The first-order chi connectivity index (χ1) is 12.5. The van der Waals surface area contributed by atoms with Gasteiger partial charge < -0.3 is 4.57 Å². The number of benzene rings is 2. The maximum absolute atomic E-state index is 4.15. The molecule has 1 aliphatic carbocycles. The summed E-state index contributed by atoms with van der Waals surface area (Å²) >= 11 is 3.65. The first-order valence-corrected chi connectivity index (χ1v) is 9.61. The van der Waals surface area contributed by atoms with Crippen molar-refractivity contribution < 1.29 is 0 Å². The van der Waals surface area contributed by atoms with Gasteiger partial charge in [0.05, 0.1) is 5.69 Å². The lowest BCUT2D eigenvalue weighted by molar-refractivity contribution is 0.665. The first-order valence-electron chi connectivity index (χ1n) is 8.82. The molecule has 2 aromatic heterocycles. The summed E-state index contributed by atoms with van der Waals surface area (Å²) in [5.41, 5.74) is 9.22. The zero-order valence-electron chi connectivity index (χ0n) is 15.0. The molecule has 0 N–H and O–H groups in total. The molecule has 0 radical (unpaired) electrons. The summed E-state index contributed by atoms with van der Waals surface area (Å²) < 4.78 is 3.49. The van der Waals surface area contributed by atoms with Gasteiger partial charge in [0.2, 0.25) is 0 Å². The molecule has 0 unspecified atom stereocenters. The van der Waals surface area contributed by atoms with Gasteiger partial charge in [-0.25, -0.2) is 0 Å². The third-order valence-electron chi connectivity index (χ3n) is 5.75. The van der Waals surface area contributed by atoms with Gasteiger partial charge in [0, 0.05) is 45.8 Å². The molecule has 128 valence electrons. The van der Waals surface area contributed by atoms with Crippen molar-refractivity contribution in [1.82, 2.24) is 9.55 Å². The molecule has 3 heteroatoms. The van der Waals surface area contributed by atoms with E-state index in [0.717, 1.165) is 4.47 Å². The predicted molar refractivity (Wildman–Crippen MR) is 111 cm³/mol. The number of hydrogen-bond donors (Lipinski definition) is 0. The molecule has 2 heterocycles. The monoisotopic (exact) mass is 402 g/mol. The van der Waals surface area contributed by atoms with Gasteiger partial charge in [0.25, 0.3) is 0 Å². The Morgan fingerprint density at radius 2 is 1.69 bits per heavy atom. The van der Waals surface area contributed by atoms with Crippen LogP contribution in [-0.4, -0.2) is 9.55 Å². The Morgan fingerprint density at radius 3 is 2.46 bits per heavy atom. The summed E-state index contributed by atoms with van der Waals surface area (Å²) in [5.74, 6) is 0. The van der Waals surface area contributed by atoms with Crippen molar-refractivity contribution in [3.63, 3.8) is 0 Å². The van der Waals surface area contributed by atoms with Crippen LogP contribution in [0.4, 0.5) is 0 Å². The van der Waals surface area contributed by atoms with E-state index in [1.54, 1.807) is 0 Å². The molecule has 5 rings (SSSR count). The largest absolute Gasteiger partial charge is 0.343 e. The maximum Gasteiger partial charge on any atom is 0.0533 e. The summed E-state index contributed by atoms with van der Waals surface area (Å²) in [6.07, 6.45) is 3.71. The van der Waals surface area contributed by atoms with Crippen LogP contribution < -0.4 is 0 Å². The fourth-order valence-electron chi connectivity index (χ4n) is 4.49. The van der Waals surface area contributed by atoms with Crippen LogP contribution in [-0.2, 0) is 12.5 Å². The summed E-state index contributed by atoms with van der Waals surface area (Å²) in [5, 5.41) is 1.34. The first kappa shape index (κ1) is 15.8. The molecular weight excluding hydrogens is 384 g/mol. The van der Waals surface area contributed by atoms with Crippen LogP contribution in [0.1, 0.15) is 25.0 Å². The van der Waals surface area contributed by atoms with Gasteiger partial charge in [0.15, 0.2) is 0 Å². The van der Waals surface area contributed by atoms with Crippen LogP contribution in [0.25, 0.3) is 33.3 Å². The minimum absolute atomic E-state index is 0.0230. The number of fused-ring (bicyclic) bond motifs is 5. The number of rotatable bonds is 1. The quantitative estimate of drug-likeness (QED) is 0.364. The normalized spacial score (nSPS) is 14.5. The predicted octanol–water partition coefficient (Wildman–Crippen LogP) is 6.31. The second-order valence-electron chi connectivity index (χ2n) is 7.57. The van der Waals surface area contributed by atoms with Crippen molar-refractivity contribution >= 4 is 26.8 Å². The summed E-state index contributed by atoms with van der Waals surface area (Å²) in [4.78, 5) is 4.15. The highest BCUT2D eigenvalue weighted by molar-refractivity contribution is 9.10. The van der Waals surface area contributed by atoms with Crippen LogP contribution in [0, 0.1) is 0 Å². The van der Waals surface area contributed by atoms with E-state index in [-0.39, 0.29) is 5.41 Å². The van der Waals surface area contributed by atoms with E-state index >= 15 is 0 Å². The fourth-order valence-corrected chi connectivity index (χ4v) is 4.85. The second-order valence-corrected chi connectivity index (χ2v) is 8.48. The molecular formula is C23H19BrN2. The second kappa shape index (κ2) is 5.31. The van der Waals surface area contributed by atoms with E-state index in [1.807, 2.05) is 12.4 Å². The Hall–Kier alpha value is -2.39. The molecule has 0 bridgehead atoms. The van der Waals surface area contributed by atoms with E-state index in [4.69, 9.17) is 0 Å². The van der Waals surface area contributed by atoms with Crippen LogP contribution in [0.5, 0.6) is 0 Å². The average Bonchev–Trinajstić information content (AvgIpc) is 3.07. The molecule has 1 aliphatic rings. The SMILES string of the molecule is Cn1c2c(c3cc(-c4ccncc4)ccc31)C(C)(C)c1cc(Br)ccc1-2. The standard InChI is InChI=1S/C23H19BrN2/c1-23(2)19-13-16(24)5-6-17(19)22-21(23)18-12-15(4-7-20(18)26(22)3)14-8-10-25-11-9-14/h4-13H,1-3H3. The highest BCUT2D eigenvalue weighted by atomic mass is 79.9. The van der Waals surface area contributed by atoms with Crippen molar-refractivity contribution in [2.45, 2.75) is 19.3 Å². The molecule has 0 aliphatic heterocycles. The molecule has 4 aromatic rings. The average molecular weight is 403 g/mol. The topological polar surface area (TPSA) is 17.8 Å². The van der Waals surface area contributed by atoms with Crippen LogP contribution in [0.2, 0.25) is 0 Å². The van der Waals surface area contributed by atoms with Crippen molar-refractivity contribution in [3.8, 4) is 22.4 Å². The van der Waals surface area contributed by atoms with E-state index in [9.17, 15) is 0 Å². The lowest BCUT2D eigenvalue weighted by Crippen LogP contribution is -2.14. The van der Waals surface area contributed by atoms with Gasteiger partial charge >= 0.3 is 0 Å². The number of halogens is 1. The minimum atomic E-state index is -0.0230. The molecule has 26 heavy (non-hydrogen) atoms. The zero-order chi connectivity index (χ0) is 18.1. The third kappa shape index (κ3) is 2.01. The maximum atomic E-state index is 4.15. The van der Waals surface area contributed by atoms with E-state index in [2.05, 4.69) is 94.9 Å². The number of hydrogen-bond acceptors (Lipinski definition) is 1. The Kier molecular flexibility index (Phi) is 3.23. The highest BCUT2D eigenvalue weighted by Crippen LogP contribution is 2.53. The van der Waals surface area contributed by atoms with Crippen molar-refractivity contribution in [3.05, 3.63) is 76.5 Å². The van der Waals surface area contributed by atoms with Crippen molar-refractivity contribution in [2.24, 2.45) is 7.05 Å². The zero-order valence-corrected chi connectivity index (χ0v) is 16.6. The van der Waals surface area contributed by atoms with Crippen molar-refractivity contribution in [2.75, 3.05) is 0 Å². The number of pyridine rings is 1. The molecule has 0 saturated heterocycles. The summed E-state index contributed by atoms with van der Waals surface area (Å²) in [7, 11) is 2.18. The smallest absolute Gasteiger partial charge is 0.0533 e. The molecule has 2 nitrogen and oxygen atoms in total. The van der Waals surface area contributed by atoms with Gasteiger partial charge in [-0.2, -0.15) is 0 Å². The van der Waals surface area contributed by atoms with Gasteiger partial charge in [0.1, 0.15) is 0 Å². The van der Waals surface area contributed by atoms with E-state index < -0.39 is 0 Å². The van der Waals surface area contributed by atoms with Crippen LogP contribution in [0.15, 0.2) is 65.4 Å².